The van der Waals surface area contributed by atoms with Gasteiger partial charge in [0.1, 0.15) is 11.4 Å². The number of carbonyl (C=O) groups is 1. The van der Waals surface area contributed by atoms with Gasteiger partial charge in [-0.25, -0.2) is 14.8 Å². The van der Waals surface area contributed by atoms with Gasteiger partial charge < -0.3 is 15.8 Å². The number of pyridine rings is 1. The number of nitrogen functional groups attached to an aromatic ring is 1. The average Bonchev–Trinajstić information content (AvgIpc) is 3.00. The lowest BCUT2D eigenvalue weighted by molar-refractivity contribution is 0.0527. The molecule has 0 aliphatic rings. The molecular formula is C14H18N4O2S. The van der Waals surface area contributed by atoms with Crippen molar-refractivity contribution in [3.63, 3.8) is 0 Å². The van der Waals surface area contributed by atoms with E-state index in [4.69, 9.17) is 10.5 Å². The van der Waals surface area contributed by atoms with Gasteiger partial charge in [0.25, 0.3) is 0 Å². The highest BCUT2D eigenvalue weighted by molar-refractivity contribution is 7.09. The molecule has 0 bridgehead atoms. The van der Waals surface area contributed by atoms with Crippen molar-refractivity contribution in [1.29, 1.82) is 0 Å². The van der Waals surface area contributed by atoms with Crippen LogP contribution >= 0.6 is 11.3 Å². The van der Waals surface area contributed by atoms with E-state index in [9.17, 15) is 4.79 Å². The SMILES string of the molecule is CCOC(=O)c1cc(N)cnc1NCC(C)c1nccs1. The molecule has 2 rings (SSSR count). The first-order valence-corrected chi connectivity index (χ1v) is 7.55. The molecule has 0 saturated carbocycles. The first-order valence-electron chi connectivity index (χ1n) is 6.67. The Bertz CT molecular complexity index is 601. The van der Waals surface area contributed by atoms with Crippen LogP contribution in [-0.4, -0.2) is 29.1 Å². The second kappa shape index (κ2) is 7.03. The number of nitrogens with zero attached hydrogens (tertiary/aromatic N) is 2. The fourth-order valence-corrected chi connectivity index (χ4v) is 2.50. The Morgan fingerprint density at radius 2 is 2.33 bits per heavy atom. The predicted octanol–water partition coefficient (Wildman–Crippen LogP) is 2.51. The van der Waals surface area contributed by atoms with E-state index in [-0.39, 0.29) is 5.92 Å². The van der Waals surface area contributed by atoms with Gasteiger partial charge in [0.2, 0.25) is 0 Å². The van der Waals surface area contributed by atoms with Gasteiger partial charge in [-0.1, -0.05) is 6.92 Å². The zero-order chi connectivity index (χ0) is 15.2. The predicted molar refractivity (Wildman–Crippen MR) is 83.6 cm³/mol. The summed E-state index contributed by atoms with van der Waals surface area (Å²) >= 11 is 1.60. The summed E-state index contributed by atoms with van der Waals surface area (Å²) in [6.07, 6.45) is 3.29. The quantitative estimate of drug-likeness (QED) is 0.797. The molecule has 0 aliphatic carbocycles. The van der Waals surface area contributed by atoms with Crippen LogP contribution < -0.4 is 11.1 Å². The molecule has 7 heteroatoms. The Balaban J connectivity index is 2.10. The van der Waals surface area contributed by atoms with Crippen molar-refractivity contribution in [3.8, 4) is 0 Å². The molecule has 0 saturated heterocycles. The number of carbonyl (C=O) groups excluding carboxylic acids is 1. The van der Waals surface area contributed by atoms with Gasteiger partial charge in [-0.05, 0) is 13.0 Å². The van der Waals surface area contributed by atoms with Gasteiger partial charge in [0, 0.05) is 24.0 Å². The summed E-state index contributed by atoms with van der Waals surface area (Å²) in [4.78, 5) is 20.4. The van der Waals surface area contributed by atoms with Crippen LogP contribution in [0.25, 0.3) is 0 Å². The maximum absolute atomic E-state index is 11.9. The van der Waals surface area contributed by atoms with E-state index in [1.807, 2.05) is 5.38 Å². The highest BCUT2D eigenvalue weighted by Crippen LogP contribution is 2.21. The Hall–Kier alpha value is -2.15. The lowest BCUT2D eigenvalue weighted by Gasteiger charge is -2.13. The van der Waals surface area contributed by atoms with E-state index in [1.165, 1.54) is 6.20 Å². The number of rotatable bonds is 6. The molecule has 2 aromatic rings. The molecule has 2 heterocycles. The van der Waals surface area contributed by atoms with E-state index in [2.05, 4.69) is 22.2 Å². The summed E-state index contributed by atoms with van der Waals surface area (Å²) in [6.45, 7) is 4.75. The van der Waals surface area contributed by atoms with Gasteiger partial charge in [0.05, 0.1) is 23.5 Å². The van der Waals surface area contributed by atoms with Crippen molar-refractivity contribution in [2.75, 3.05) is 24.2 Å². The molecule has 3 N–H and O–H groups in total. The molecular weight excluding hydrogens is 288 g/mol. The maximum Gasteiger partial charge on any atom is 0.341 e. The van der Waals surface area contributed by atoms with Crippen LogP contribution in [0.4, 0.5) is 11.5 Å². The lowest BCUT2D eigenvalue weighted by atomic mass is 10.2. The molecule has 0 aliphatic heterocycles. The molecule has 0 fully saturated rings. The first-order chi connectivity index (χ1) is 10.1. The zero-order valence-corrected chi connectivity index (χ0v) is 12.8. The van der Waals surface area contributed by atoms with Crippen LogP contribution in [-0.2, 0) is 4.74 Å². The highest BCUT2D eigenvalue weighted by atomic mass is 32.1. The molecule has 0 spiro atoms. The minimum absolute atomic E-state index is 0.222. The van der Waals surface area contributed by atoms with Crippen LogP contribution in [0.1, 0.15) is 35.1 Å². The van der Waals surface area contributed by atoms with Crippen LogP contribution in [0.3, 0.4) is 0 Å². The number of esters is 1. The van der Waals surface area contributed by atoms with E-state index >= 15 is 0 Å². The van der Waals surface area contributed by atoms with Crippen LogP contribution in [0.2, 0.25) is 0 Å². The fraction of sp³-hybridized carbons (Fsp3) is 0.357. The van der Waals surface area contributed by atoms with Crippen LogP contribution in [0.15, 0.2) is 23.8 Å². The summed E-state index contributed by atoms with van der Waals surface area (Å²) in [5.74, 6) is 0.271. The number of nitrogens with one attached hydrogen (secondary N) is 1. The third-order valence-electron chi connectivity index (χ3n) is 2.85. The number of nitrogens with two attached hydrogens (primary N) is 1. The summed E-state index contributed by atoms with van der Waals surface area (Å²) in [5, 5.41) is 6.15. The lowest BCUT2D eigenvalue weighted by Crippen LogP contribution is -2.15. The molecule has 0 radical (unpaired) electrons. The van der Waals surface area contributed by atoms with Crippen LogP contribution in [0, 0.1) is 0 Å². The normalized spacial score (nSPS) is 11.9. The number of thiazole rings is 1. The molecule has 0 aromatic carbocycles. The molecule has 1 unspecified atom stereocenters. The molecule has 6 nitrogen and oxygen atoms in total. The Kier molecular flexibility index (Phi) is 5.10. The fourth-order valence-electron chi connectivity index (χ4n) is 1.80. The molecule has 112 valence electrons. The average molecular weight is 306 g/mol. The van der Waals surface area contributed by atoms with Crippen molar-refractivity contribution in [2.24, 2.45) is 0 Å². The van der Waals surface area contributed by atoms with Gasteiger partial charge in [-0.3, -0.25) is 0 Å². The molecule has 2 aromatic heterocycles. The number of ether oxygens (including phenoxy) is 1. The third-order valence-corrected chi connectivity index (χ3v) is 3.86. The number of hydrogen-bond acceptors (Lipinski definition) is 7. The van der Waals surface area contributed by atoms with Crippen molar-refractivity contribution in [2.45, 2.75) is 19.8 Å². The summed E-state index contributed by atoms with van der Waals surface area (Å²) in [7, 11) is 0. The smallest absolute Gasteiger partial charge is 0.341 e. The largest absolute Gasteiger partial charge is 0.462 e. The number of anilines is 2. The van der Waals surface area contributed by atoms with Gasteiger partial charge in [-0.2, -0.15) is 0 Å². The maximum atomic E-state index is 11.9. The minimum atomic E-state index is -0.429. The molecule has 1 atom stereocenters. The minimum Gasteiger partial charge on any atom is -0.462 e. The van der Waals surface area contributed by atoms with E-state index in [1.54, 1.807) is 30.5 Å². The third kappa shape index (κ3) is 3.91. The summed E-state index contributed by atoms with van der Waals surface area (Å²) < 4.78 is 5.02. The van der Waals surface area contributed by atoms with E-state index in [0.29, 0.717) is 30.2 Å². The first kappa shape index (κ1) is 15.2. The standard InChI is InChI=1S/C14H18N4O2S/c1-3-20-14(19)11-6-10(15)8-18-12(11)17-7-9(2)13-16-4-5-21-13/h4-6,8-9H,3,7,15H2,1-2H3,(H,17,18). The summed E-state index contributed by atoms with van der Waals surface area (Å²) in [5.41, 5.74) is 6.47. The second-order valence-electron chi connectivity index (χ2n) is 4.54. The summed E-state index contributed by atoms with van der Waals surface area (Å²) in [6, 6.07) is 1.57. The van der Waals surface area contributed by atoms with E-state index < -0.39 is 5.97 Å². The molecule has 21 heavy (non-hydrogen) atoms. The Morgan fingerprint density at radius 1 is 1.52 bits per heavy atom. The highest BCUT2D eigenvalue weighted by Gasteiger charge is 2.16. The Labute approximate surface area is 127 Å². The second-order valence-corrected chi connectivity index (χ2v) is 5.46. The molecule has 0 amide bonds. The zero-order valence-electron chi connectivity index (χ0n) is 12.0. The van der Waals surface area contributed by atoms with Crippen molar-refractivity contribution in [3.05, 3.63) is 34.4 Å². The van der Waals surface area contributed by atoms with Crippen molar-refractivity contribution < 1.29 is 9.53 Å². The number of aromatic nitrogens is 2. The van der Waals surface area contributed by atoms with Gasteiger partial charge in [0.15, 0.2) is 0 Å². The number of hydrogen-bond donors (Lipinski definition) is 2. The van der Waals surface area contributed by atoms with Gasteiger partial charge >= 0.3 is 5.97 Å². The Morgan fingerprint density at radius 3 is 3.00 bits per heavy atom. The van der Waals surface area contributed by atoms with Crippen molar-refractivity contribution in [1.82, 2.24) is 9.97 Å². The monoisotopic (exact) mass is 306 g/mol. The topological polar surface area (TPSA) is 90.1 Å². The van der Waals surface area contributed by atoms with E-state index in [0.717, 1.165) is 5.01 Å². The van der Waals surface area contributed by atoms with Crippen LogP contribution in [0.5, 0.6) is 0 Å². The van der Waals surface area contributed by atoms with Gasteiger partial charge in [-0.15, -0.1) is 11.3 Å². The van der Waals surface area contributed by atoms with Crippen molar-refractivity contribution >= 4 is 28.8 Å².